The number of para-hydroxylation sites is 1. The second-order valence-corrected chi connectivity index (χ2v) is 6.59. The highest BCUT2D eigenvalue weighted by Gasteiger charge is 2.53. The van der Waals surface area contributed by atoms with Crippen LogP contribution >= 0.6 is 0 Å². The maximum absolute atomic E-state index is 13.1. The molecule has 2 heterocycles. The summed E-state index contributed by atoms with van der Waals surface area (Å²) in [6, 6.07) is 7.72. The minimum Gasteiger partial charge on any atom is -0.481 e. The number of aromatic nitrogens is 3. The molecule has 0 bridgehead atoms. The van der Waals surface area contributed by atoms with E-state index in [9.17, 15) is 22.8 Å². The highest BCUT2D eigenvalue weighted by atomic mass is 19.4. The molecule has 2 aromatic rings. The SMILES string of the molecule is CC(NC(=O)N1C[C@@H](C(F)(F)F)[C@H](C(=O)O)C1)c1cn(-c2ccccc2)nn1. The van der Waals surface area contributed by atoms with Crippen molar-refractivity contribution in [2.45, 2.75) is 19.1 Å². The lowest BCUT2D eigenvalue weighted by molar-refractivity contribution is -0.187. The zero-order valence-electron chi connectivity index (χ0n) is 14.8. The smallest absolute Gasteiger partial charge is 0.394 e. The molecule has 0 spiro atoms. The number of likely N-dealkylation sites (tertiary alicyclic amines) is 1. The number of carbonyl (C=O) groups excluding carboxylic acids is 1. The number of urea groups is 1. The van der Waals surface area contributed by atoms with E-state index < -0.39 is 49.1 Å². The van der Waals surface area contributed by atoms with Gasteiger partial charge in [-0.25, -0.2) is 9.48 Å². The molecule has 2 N–H and O–H groups in total. The molecule has 11 heteroatoms. The van der Waals surface area contributed by atoms with Gasteiger partial charge in [-0.1, -0.05) is 23.4 Å². The van der Waals surface area contributed by atoms with E-state index in [0.717, 1.165) is 10.6 Å². The Balaban J connectivity index is 1.66. The van der Waals surface area contributed by atoms with Gasteiger partial charge >= 0.3 is 18.2 Å². The van der Waals surface area contributed by atoms with E-state index in [4.69, 9.17) is 5.11 Å². The number of amides is 2. The maximum Gasteiger partial charge on any atom is 0.394 e. The lowest BCUT2D eigenvalue weighted by atomic mass is 9.96. The van der Waals surface area contributed by atoms with Gasteiger partial charge in [0.05, 0.1) is 29.8 Å². The van der Waals surface area contributed by atoms with Gasteiger partial charge in [-0.05, 0) is 19.1 Å². The molecule has 2 amide bonds. The first-order chi connectivity index (χ1) is 13.2. The van der Waals surface area contributed by atoms with Crippen molar-refractivity contribution in [1.82, 2.24) is 25.2 Å². The van der Waals surface area contributed by atoms with Gasteiger partial charge in [0.25, 0.3) is 0 Å². The highest BCUT2D eigenvalue weighted by Crippen LogP contribution is 2.37. The molecule has 150 valence electrons. The molecule has 0 aliphatic carbocycles. The first-order valence-corrected chi connectivity index (χ1v) is 8.49. The predicted molar refractivity (Wildman–Crippen MR) is 90.5 cm³/mol. The molecule has 1 saturated heterocycles. The number of nitrogens with zero attached hydrogens (tertiary/aromatic N) is 4. The minimum atomic E-state index is -4.69. The molecule has 3 atom stereocenters. The van der Waals surface area contributed by atoms with Crippen molar-refractivity contribution in [3.05, 3.63) is 42.2 Å². The molecule has 1 aromatic heterocycles. The van der Waals surface area contributed by atoms with Crippen molar-refractivity contribution in [2.24, 2.45) is 11.8 Å². The van der Waals surface area contributed by atoms with E-state index in [0.29, 0.717) is 5.69 Å². The molecule has 1 aliphatic rings. The third-order valence-corrected chi connectivity index (χ3v) is 4.66. The summed E-state index contributed by atoms with van der Waals surface area (Å²) in [7, 11) is 0. The van der Waals surface area contributed by atoms with E-state index in [1.54, 1.807) is 13.1 Å². The average Bonchev–Trinajstić information content (AvgIpc) is 3.30. The van der Waals surface area contributed by atoms with Crippen LogP contribution in [0.15, 0.2) is 36.5 Å². The van der Waals surface area contributed by atoms with Crippen LogP contribution in [0.4, 0.5) is 18.0 Å². The largest absolute Gasteiger partial charge is 0.481 e. The molecular formula is C17H18F3N5O3. The number of hydrogen-bond acceptors (Lipinski definition) is 4. The van der Waals surface area contributed by atoms with Gasteiger partial charge in [-0.15, -0.1) is 5.10 Å². The average molecular weight is 397 g/mol. The predicted octanol–water partition coefficient (Wildman–Crippen LogP) is 2.23. The number of benzene rings is 1. The second-order valence-electron chi connectivity index (χ2n) is 6.59. The van der Waals surface area contributed by atoms with Crippen molar-refractivity contribution in [3.8, 4) is 5.69 Å². The van der Waals surface area contributed by atoms with Crippen LogP contribution in [0.25, 0.3) is 5.69 Å². The molecule has 1 unspecified atom stereocenters. The van der Waals surface area contributed by atoms with Crippen molar-refractivity contribution in [1.29, 1.82) is 0 Å². The third-order valence-electron chi connectivity index (χ3n) is 4.66. The molecule has 0 radical (unpaired) electrons. The van der Waals surface area contributed by atoms with E-state index in [2.05, 4.69) is 15.6 Å². The quantitative estimate of drug-likeness (QED) is 0.824. The second kappa shape index (κ2) is 7.49. The van der Waals surface area contributed by atoms with Crippen molar-refractivity contribution in [2.75, 3.05) is 13.1 Å². The van der Waals surface area contributed by atoms with E-state index >= 15 is 0 Å². The van der Waals surface area contributed by atoms with Gasteiger partial charge in [-0.2, -0.15) is 13.2 Å². The Morgan fingerprint density at radius 2 is 1.93 bits per heavy atom. The number of halogens is 3. The van der Waals surface area contributed by atoms with Crippen LogP contribution in [0.2, 0.25) is 0 Å². The Bertz CT molecular complexity index is 855. The van der Waals surface area contributed by atoms with Crippen molar-refractivity contribution in [3.63, 3.8) is 0 Å². The molecular weight excluding hydrogens is 379 g/mol. The van der Waals surface area contributed by atoms with E-state index in [-0.39, 0.29) is 0 Å². The minimum absolute atomic E-state index is 0.415. The van der Waals surface area contributed by atoms with Gasteiger partial charge < -0.3 is 15.3 Å². The highest BCUT2D eigenvalue weighted by molar-refractivity contribution is 5.78. The summed E-state index contributed by atoms with van der Waals surface area (Å²) in [6.45, 7) is 0.410. The fourth-order valence-electron chi connectivity index (χ4n) is 3.08. The number of hydrogen-bond donors (Lipinski definition) is 2. The summed E-state index contributed by atoms with van der Waals surface area (Å²) in [5, 5.41) is 19.5. The summed E-state index contributed by atoms with van der Waals surface area (Å²) in [5.74, 6) is -5.35. The van der Waals surface area contributed by atoms with Gasteiger partial charge in [0, 0.05) is 13.1 Å². The summed E-state index contributed by atoms with van der Waals surface area (Å²) in [5.41, 5.74) is 1.18. The van der Waals surface area contributed by atoms with Crippen LogP contribution in [-0.2, 0) is 4.79 Å². The van der Waals surface area contributed by atoms with E-state index in [1.165, 1.54) is 4.68 Å². The normalized spacial score (nSPS) is 20.8. The summed E-state index contributed by atoms with van der Waals surface area (Å²) >= 11 is 0. The molecule has 8 nitrogen and oxygen atoms in total. The summed E-state index contributed by atoms with van der Waals surface area (Å²) in [4.78, 5) is 24.3. The zero-order valence-corrected chi connectivity index (χ0v) is 14.8. The van der Waals surface area contributed by atoms with Gasteiger partial charge in [-0.3, -0.25) is 4.79 Å². The Morgan fingerprint density at radius 1 is 1.25 bits per heavy atom. The summed E-state index contributed by atoms with van der Waals surface area (Å²) in [6.07, 6.45) is -3.09. The van der Waals surface area contributed by atoms with Crippen LogP contribution in [-0.4, -0.2) is 56.3 Å². The van der Waals surface area contributed by atoms with E-state index in [1.807, 2.05) is 30.3 Å². The van der Waals surface area contributed by atoms with Gasteiger partial charge in [0.1, 0.15) is 5.69 Å². The zero-order chi connectivity index (χ0) is 20.5. The fourth-order valence-corrected chi connectivity index (χ4v) is 3.08. The number of carbonyl (C=O) groups is 2. The first kappa shape index (κ1) is 19.6. The number of alkyl halides is 3. The Morgan fingerprint density at radius 3 is 2.50 bits per heavy atom. The number of carboxylic acid groups (broad SMARTS) is 1. The summed E-state index contributed by atoms with van der Waals surface area (Å²) < 4.78 is 40.7. The number of aliphatic carboxylic acids is 1. The van der Waals surface area contributed by atoms with Crippen LogP contribution in [0.5, 0.6) is 0 Å². The van der Waals surface area contributed by atoms with Crippen LogP contribution in [0.3, 0.4) is 0 Å². The standard InChI is InChI=1S/C17H18F3N5O3/c1-10(14-9-25(23-22-14)11-5-3-2-4-6-11)21-16(28)24-7-12(15(26)27)13(8-24)17(18,19)20/h2-6,9-10,12-13H,7-8H2,1H3,(H,21,28)(H,26,27)/t10?,12-,13-/m1/s1. The Labute approximate surface area is 157 Å². The number of rotatable bonds is 4. The third kappa shape index (κ3) is 4.07. The number of nitrogens with one attached hydrogen (secondary N) is 1. The Hall–Kier alpha value is -3.11. The lowest BCUT2D eigenvalue weighted by Gasteiger charge is -2.20. The van der Waals surface area contributed by atoms with Crippen molar-refractivity contribution < 1.29 is 27.9 Å². The fraction of sp³-hybridized carbons (Fsp3) is 0.412. The maximum atomic E-state index is 13.1. The molecule has 3 rings (SSSR count). The number of carboxylic acids is 1. The molecule has 0 saturated carbocycles. The first-order valence-electron chi connectivity index (χ1n) is 8.49. The van der Waals surface area contributed by atoms with Crippen LogP contribution < -0.4 is 5.32 Å². The Kier molecular flexibility index (Phi) is 5.25. The monoisotopic (exact) mass is 397 g/mol. The van der Waals surface area contributed by atoms with Crippen LogP contribution in [0.1, 0.15) is 18.7 Å². The molecule has 1 aromatic carbocycles. The lowest BCUT2D eigenvalue weighted by Crippen LogP contribution is -2.40. The van der Waals surface area contributed by atoms with Crippen molar-refractivity contribution >= 4 is 12.0 Å². The topological polar surface area (TPSA) is 100 Å². The molecule has 1 aliphatic heterocycles. The molecule has 1 fully saturated rings. The molecule has 28 heavy (non-hydrogen) atoms. The van der Waals surface area contributed by atoms with Gasteiger partial charge in [0.2, 0.25) is 0 Å². The van der Waals surface area contributed by atoms with Crippen LogP contribution in [0, 0.1) is 11.8 Å². The van der Waals surface area contributed by atoms with Gasteiger partial charge in [0.15, 0.2) is 0 Å².